The summed E-state index contributed by atoms with van der Waals surface area (Å²) in [4.78, 5) is 27.0. The molecule has 4 atom stereocenters. The number of ether oxygens (including phenoxy) is 1. The van der Waals surface area contributed by atoms with Crippen molar-refractivity contribution in [3.05, 3.63) is 47.7 Å². The maximum Gasteiger partial charge on any atom is 0.241 e. The van der Waals surface area contributed by atoms with Crippen LogP contribution in [0.15, 0.2) is 36.4 Å². The zero-order valence-electron chi connectivity index (χ0n) is 14.0. The molecular formula is C19H19N3O3. The molecule has 0 spiro atoms. The standard InChI is InChI=1S/C19H19N3O3/c1-11-9-15(20-21(11)10-12-5-3-2-4-6-12)22-18(23)16-13-7-8-14(25-13)17(16)19(22)24/h2-6,9,13-14,16-17H,7-8,10H2,1H3/t13-,14-,16-,17+/m0/s1. The van der Waals surface area contributed by atoms with Crippen molar-refractivity contribution >= 4 is 17.6 Å². The summed E-state index contributed by atoms with van der Waals surface area (Å²) in [6.45, 7) is 2.56. The fraction of sp³-hybridized carbons (Fsp3) is 0.421. The Bertz CT molecular complexity index is 832. The van der Waals surface area contributed by atoms with Gasteiger partial charge in [0, 0.05) is 11.8 Å². The van der Waals surface area contributed by atoms with Crippen LogP contribution in [0.5, 0.6) is 0 Å². The van der Waals surface area contributed by atoms with E-state index in [9.17, 15) is 9.59 Å². The van der Waals surface area contributed by atoms with Crippen LogP contribution >= 0.6 is 0 Å². The number of anilines is 1. The molecule has 2 amide bonds. The van der Waals surface area contributed by atoms with E-state index in [1.165, 1.54) is 4.90 Å². The topological polar surface area (TPSA) is 64.4 Å². The minimum Gasteiger partial charge on any atom is -0.373 e. The Morgan fingerprint density at radius 2 is 1.72 bits per heavy atom. The molecule has 0 saturated carbocycles. The third-order valence-corrected chi connectivity index (χ3v) is 5.66. The molecule has 3 fully saturated rings. The van der Waals surface area contributed by atoms with E-state index in [0.29, 0.717) is 12.4 Å². The van der Waals surface area contributed by atoms with E-state index < -0.39 is 0 Å². The van der Waals surface area contributed by atoms with E-state index >= 15 is 0 Å². The summed E-state index contributed by atoms with van der Waals surface area (Å²) in [7, 11) is 0. The summed E-state index contributed by atoms with van der Waals surface area (Å²) in [6, 6.07) is 11.8. The van der Waals surface area contributed by atoms with Crippen LogP contribution in [0.25, 0.3) is 0 Å². The van der Waals surface area contributed by atoms with E-state index in [2.05, 4.69) is 5.10 Å². The number of benzene rings is 1. The van der Waals surface area contributed by atoms with Gasteiger partial charge in [0.1, 0.15) is 0 Å². The lowest BCUT2D eigenvalue weighted by atomic mass is 9.81. The first kappa shape index (κ1) is 14.8. The molecule has 1 aromatic heterocycles. The largest absolute Gasteiger partial charge is 0.373 e. The maximum atomic E-state index is 12.8. The minimum atomic E-state index is -0.314. The lowest BCUT2D eigenvalue weighted by Crippen LogP contribution is -2.34. The third-order valence-electron chi connectivity index (χ3n) is 5.66. The fourth-order valence-electron chi connectivity index (χ4n) is 4.46. The molecule has 128 valence electrons. The summed E-state index contributed by atoms with van der Waals surface area (Å²) in [5.74, 6) is -0.480. The fourth-order valence-corrected chi connectivity index (χ4v) is 4.46. The van der Waals surface area contributed by atoms with Gasteiger partial charge in [0.05, 0.1) is 30.6 Å². The Balaban J connectivity index is 1.45. The van der Waals surface area contributed by atoms with Crippen molar-refractivity contribution < 1.29 is 14.3 Å². The van der Waals surface area contributed by atoms with Crippen LogP contribution in [0, 0.1) is 18.8 Å². The van der Waals surface area contributed by atoms with E-state index in [1.54, 1.807) is 0 Å². The number of imide groups is 1. The summed E-state index contributed by atoms with van der Waals surface area (Å²) < 4.78 is 7.62. The highest BCUT2D eigenvalue weighted by molar-refractivity contribution is 6.22. The first-order valence-electron chi connectivity index (χ1n) is 8.75. The highest BCUT2D eigenvalue weighted by Crippen LogP contribution is 2.49. The van der Waals surface area contributed by atoms with Crippen molar-refractivity contribution in [2.75, 3.05) is 4.90 Å². The van der Waals surface area contributed by atoms with Gasteiger partial charge in [-0.3, -0.25) is 14.3 Å². The van der Waals surface area contributed by atoms with Crippen LogP contribution in [0.1, 0.15) is 24.1 Å². The first-order valence-corrected chi connectivity index (χ1v) is 8.75. The molecular weight excluding hydrogens is 318 g/mol. The van der Waals surface area contributed by atoms with Gasteiger partial charge in [-0.25, -0.2) is 4.90 Å². The van der Waals surface area contributed by atoms with Gasteiger partial charge in [0.25, 0.3) is 0 Å². The van der Waals surface area contributed by atoms with Crippen molar-refractivity contribution in [3.8, 4) is 0 Å². The molecule has 3 saturated heterocycles. The molecule has 3 aliphatic rings. The number of nitrogens with zero attached hydrogens (tertiary/aromatic N) is 3. The lowest BCUT2D eigenvalue weighted by Gasteiger charge is -2.15. The Morgan fingerprint density at radius 1 is 1.08 bits per heavy atom. The van der Waals surface area contributed by atoms with Crippen LogP contribution in [-0.4, -0.2) is 33.8 Å². The van der Waals surface area contributed by atoms with Gasteiger partial charge < -0.3 is 4.74 Å². The van der Waals surface area contributed by atoms with Gasteiger partial charge in [0.2, 0.25) is 11.8 Å². The Hall–Kier alpha value is -2.47. The summed E-state index contributed by atoms with van der Waals surface area (Å²) in [5.41, 5.74) is 2.05. The number of rotatable bonds is 3. The number of carbonyl (C=O) groups excluding carboxylic acids is 2. The number of fused-ring (bicyclic) bond motifs is 5. The van der Waals surface area contributed by atoms with Gasteiger partial charge in [-0.15, -0.1) is 0 Å². The van der Waals surface area contributed by atoms with E-state index in [4.69, 9.17) is 4.74 Å². The van der Waals surface area contributed by atoms with Crippen LogP contribution in [0.2, 0.25) is 0 Å². The van der Waals surface area contributed by atoms with Gasteiger partial charge in [0.15, 0.2) is 5.82 Å². The molecule has 5 rings (SSSR count). The van der Waals surface area contributed by atoms with Gasteiger partial charge in [-0.1, -0.05) is 30.3 Å². The number of hydrogen-bond donors (Lipinski definition) is 0. The van der Waals surface area contributed by atoms with E-state index in [0.717, 1.165) is 24.1 Å². The molecule has 2 bridgehead atoms. The second-order valence-electron chi connectivity index (χ2n) is 7.14. The smallest absolute Gasteiger partial charge is 0.241 e. The molecule has 6 nitrogen and oxygen atoms in total. The molecule has 0 radical (unpaired) electrons. The van der Waals surface area contributed by atoms with E-state index in [-0.39, 0.29) is 35.9 Å². The van der Waals surface area contributed by atoms with Gasteiger partial charge in [-0.05, 0) is 25.3 Å². The molecule has 0 unspecified atom stereocenters. The number of aromatic nitrogens is 2. The SMILES string of the molecule is Cc1cc(N2C(=O)[C@@H]3[C@H](C2=O)[C@@H]2CC[C@@H]3O2)nn1Cc1ccccc1. The molecule has 2 aromatic rings. The van der Waals surface area contributed by atoms with Crippen molar-refractivity contribution in [2.24, 2.45) is 11.8 Å². The average molecular weight is 337 g/mol. The molecule has 6 heteroatoms. The molecule has 4 heterocycles. The maximum absolute atomic E-state index is 12.8. The van der Waals surface area contributed by atoms with Crippen LogP contribution < -0.4 is 4.90 Å². The van der Waals surface area contributed by atoms with Crippen molar-refractivity contribution in [1.29, 1.82) is 0 Å². The normalized spacial score (nSPS) is 30.4. The van der Waals surface area contributed by atoms with Crippen LogP contribution in [0.3, 0.4) is 0 Å². The quantitative estimate of drug-likeness (QED) is 0.803. The summed E-state index contributed by atoms with van der Waals surface area (Å²) >= 11 is 0. The number of amides is 2. The van der Waals surface area contributed by atoms with Crippen LogP contribution in [0.4, 0.5) is 5.82 Å². The average Bonchev–Trinajstić information content (AvgIpc) is 3.34. The third kappa shape index (κ3) is 2.10. The number of hydrogen-bond acceptors (Lipinski definition) is 4. The number of aryl methyl sites for hydroxylation is 1. The molecule has 25 heavy (non-hydrogen) atoms. The first-order chi connectivity index (χ1) is 12.1. The van der Waals surface area contributed by atoms with Gasteiger partial charge >= 0.3 is 0 Å². The highest BCUT2D eigenvalue weighted by atomic mass is 16.5. The highest BCUT2D eigenvalue weighted by Gasteiger charge is 2.63. The van der Waals surface area contributed by atoms with Crippen LogP contribution in [-0.2, 0) is 20.9 Å². The predicted molar refractivity (Wildman–Crippen MR) is 89.9 cm³/mol. The molecule has 3 aliphatic heterocycles. The second-order valence-corrected chi connectivity index (χ2v) is 7.14. The Labute approximate surface area is 145 Å². The lowest BCUT2D eigenvalue weighted by molar-refractivity contribution is -0.124. The second kappa shape index (κ2) is 5.26. The van der Waals surface area contributed by atoms with E-state index in [1.807, 2.05) is 48.0 Å². The molecule has 1 aromatic carbocycles. The Morgan fingerprint density at radius 3 is 2.36 bits per heavy atom. The minimum absolute atomic E-state index is 0.0936. The summed E-state index contributed by atoms with van der Waals surface area (Å²) in [6.07, 6.45) is 1.56. The monoisotopic (exact) mass is 337 g/mol. The van der Waals surface area contributed by atoms with Crippen molar-refractivity contribution in [1.82, 2.24) is 9.78 Å². The van der Waals surface area contributed by atoms with Crippen molar-refractivity contribution in [3.63, 3.8) is 0 Å². The van der Waals surface area contributed by atoms with Gasteiger partial charge in [-0.2, -0.15) is 5.10 Å². The van der Waals surface area contributed by atoms with Crippen molar-refractivity contribution in [2.45, 2.75) is 38.5 Å². The zero-order valence-corrected chi connectivity index (χ0v) is 14.0. The number of carbonyl (C=O) groups is 2. The Kier molecular flexibility index (Phi) is 3.12. The zero-order chi connectivity index (χ0) is 17.1. The summed E-state index contributed by atoms with van der Waals surface area (Å²) in [5, 5.41) is 4.55. The predicted octanol–water partition coefficient (Wildman–Crippen LogP) is 1.91. The molecule has 0 aliphatic carbocycles. The molecule has 0 N–H and O–H groups in total.